The van der Waals surface area contributed by atoms with E-state index in [0.717, 1.165) is 43.4 Å². The van der Waals surface area contributed by atoms with Crippen LogP contribution in [0.4, 0.5) is 0 Å². The van der Waals surface area contributed by atoms with Gasteiger partial charge in [-0.1, -0.05) is 27.2 Å². The number of rotatable bonds is 7. The summed E-state index contributed by atoms with van der Waals surface area (Å²) in [6.07, 6.45) is 7.44. The van der Waals surface area contributed by atoms with Crippen molar-refractivity contribution < 1.29 is 4.74 Å². The van der Waals surface area contributed by atoms with Crippen LogP contribution in [0.3, 0.4) is 0 Å². The summed E-state index contributed by atoms with van der Waals surface area (Å²) in [5, 5.41) is 3.46. The van der Waals surface area contributed by atoms with E-state index < -0.39 is 0 Å². The van der Waals surface area contributed by atoms with E-state index in [-0.39, 0.29) is 0 Å². The van der Waals surface area contributed by atoms with E-state index in [9.17, 15) is 0 Å². The fourth-order valence-corrected chi connectivity index (χ4v) is 3.03. The normalized spacial score (nSPS) is 22.2. The van der Waals surface area contributed by atoms with Gasteiger partial charge in [0.25, 0.3) is 0 Å². The number of nitrogens with one attached hydrogen (secondary N) is 1. The third-order valence-corrected chi connectivity index (χ3v) is 4.21. The molecule has 0 bridgehead atoms. The maximum Gasteiger partial charge on any atom is 0.214 e. The van der Waals surface area contributed by atoms with Crippen molar-refractivity contribution in [1.82, 2.24) is 10.3 Å². The average molecular weight is 290 g/mol. The Bertz CT molecular complexity index is 433. The first-order valence-electron chi connectivity index (χ1n) is 8.58. The number of aromatic nitrogens is 1. The number of hydrogen-bond donors (Lipinski definition) is 1. The highest BCUT2D eigenvalue weighted by atomic mass is 16.5. The second-order valence-electron chi connectivity index (χ2n) is 6.35. The zero-order valence-corrected chi connectivity index (χ0v) is 13.8. The van der Waals surface area contributed by atoms with Crippen LogP contribution in [0, 0.1) is 5.92 Å². The predicted octanol–water partition coefficient (Wildman–Crippen LogP) is 4.10. The Kier molecular flexibility index (Phi) is 6.50. The molecule has 1 fully saturated rings. The lowest BCUT2D eigenvalue weighted by atomic mass is 9.89. The summed E-state index contributed by atoms with van der Waals surface area (Å²) in [5.41, 5.74) is 2.42. The van der Waals surface area contributed by atoms with Crippen molar-refractivity contribution in [3.05, 3.63) is 23.4 Å². The summed E-state index contributed by atoms with van der Waals surface area (Å²) in [5.74, 6) is 1.60. The van der Waals surface area contributed by atoms with E-state index in [4.69, 9.17) is 4.74 Å². The standard InChI is InChI=1S/C18H30N2O/c1-4-9-19-13-15-11-16(5-2)20-18(12-15)21-17-8-6-7-14(3)10-17/h11-12,14,17,19H,4-10,13H2,1-3H3. The van der Waals surface area contributed by atoms with Gasteiger partial charge in [0, 0.05) is 18.3 Å². The molecule has 0 amide bonds. The summed E-state index contributed by atoms with van der Waals surface area (Å²) in [6, 6.07) is 4.31. The number of pyridine rings is 1. The number of aryl methyl sites for hydroxylation is 1. The van der Waals surface area contributed by atoms with E-state index in [0.29, 0.717) is 6.10 Å². The van der Waals surface area contributed by atoms with Crippen molar-refractivity contribution in [3.8, 4) is 5.88 Å². The van der Waals surface area contributed by atoms with Crippen LogP contribution in [-0.4, -0.2) is 17.6 Å². The number of ether oxygens (including phenoxy) is 1. The van der Waals surface area contributed by atoms with E-state index in [1.54, 1.807) is 0 Å². The van der Waals surface area contributed by atoms with Crippen molar-refractivity contribution in [2.24, 2.45) is 5.92 Å². The van der Waals surface area contributed by atoms with Crippen molar-refractivity contribution in [2.75, 3.05) is 6.54 Å². The smallest absolute Gasteiger partial charge is 0.214 e. The highest BCUT2D eigenvalue weighted by molar-refractivity contribution is 5.25. The molecule has 1 saturated carbocycles. The topological polar surface area (TPSA) is 34.2 Å². The molecule has 1 aromatic heterocycles. The Balaban J connectivity index is 2.01. The van der Waals surface area contributed by atoms with Gasteiger partial charge in [0.2, 0.25) is 5.88 Å². The molecule has 0 aromatic carbocycles. The quantitative estimate of drug-likeness (QED) is 0.768. The lowest BCUT2D eigenvalue weighted by Gasteiger charge is -2.27. The molecule has 1 aromatic rings. The molecular weight excluding hydrogens is 260 g/mol. The summed E-state index contributed by atoms with van der Waals surface area (Å²) >= 11 is 0. The molecule has 0 saturated heterocycles. The molecule has 0 radical (unpaired) electrons. The van der Waals surface area contributed by atoms with Crippen molar-refractivity contribution >= 4 is 0 Å². The van der Waals surface area contributed by atoms with Gasteiger partial charge in [-0.15, -0.1) is 0 Å². The predicted molar refractivity (Wildman–Crippen MR) is 87.7 cm³/mol. The fourth-order valence-electron chi connectivity index (χ4n) is 3.03. The number of nitrogens with zero attached hydrogens (tertiary/aromatic N) is 1. The molecule has 1 N–H and O–H groups in total. The summed E-state index contributed by atoms with van der Waals surface area (Å²) in [6.45, 7) is 8.63. The average Bonchev–Trinajstić information content (AvgIpc) is 2.47. The molecule has 1 heterocycles. The molecule has 2 atom stereocenters. The highest BCUT2D eigenvalue weighted by Crippen LogP contribution is 2.27. The zero-order chi connectivity index (χ0) is 15.1. The van der Waals surface area contributed by atoms with Crippen LogP contribution in [0.5, 0.6) is 5.88 Å². The first kappa shape index (κ1) is 16.3. The molecule has 3 heteroatoms. The van der Waals surface area contributed by atoms with Gasteiger partial charge in [0.15, 0.2) is 0 Å². The zero-order valence-electron chi connectivity index (χ0n) is 13.8. The fraction of sp³-hybridized carbons (Fsp3) is 0.722. The van der Waals surface area contributed by atoms with Crippen LogP contribution in [0.1, 0.15) is 64.1 Å². The molecule has 0 spiro atoms. The van der Waals surface area contributed by atoms with Gasteiger partial charge in [0.1, 0.15) is 6.10 Å². The van der Waals surface area contributed by atoms with Crippen LogP contribution < -0.4 is 10.1 Å². The van der Waals surface area contributed by atoms with Crippen LogP contribution in [-0.2, 0) is 13.0 Å². The largest absolute Gasteiger partial charge is 0.474 e. The third-order valence-electron chi connectivity index (χ3n) is 4.21. The molecular formula is C18H30N2O. The molecule has 1 aliphatic rings. The van der Waals surface area contributed by atoms with Crippen LogP contribution in [0.15, 0.2) is 12.1 Å². The second-order valence-corrected chi connectivity index (χ2v) is 6.35. The minimum Gasteiger partial charge on any atom is -0.474 e. The Hall–Kier alpha value is -1.09. The van der Waals surface area contributed by atoms with E-state index >= 15 is 0 Å². The van der Waals surface area contributed by atoms with Crippen LogP contribution >= 0.6 is 0 Å². The Morgan fingerprint density at radius 1 is 1.29 bits per heavy atom. The van der Waals surface area contributed by atoms with Gasteiger partial charge in [-0.2, -0.15) is 0 Å². The SMILES string of the molecule is CCCNCc1cc(CC)nc(OC2CCCC(C)C2)c1. The van der Waals surface area contributed by atoms with Crippen LogP contribution in [0.25, 0.3) is 0 Å². The molecule has 118 valence electrons. The van der Waals surface area contributed by atoms with Gasteiger partial charge in [0.05, 0.1) is 0 Å². The monoisotopic (exact) mass is 290 g/mol. The first-order chi connectivity index (χ1) is 10.2. The van der Waals surface area contributed by atoms with Crippen molar-refractivity contribution in [1.29, 1.82) is 0 Å². The molecule has 2 unspecified atom stereocenters. The molecule has 2 rings (SSSR count). The Morgan fingerprint density at radius 3 is 2.86 bits per heavy atom. The molecule has 3 nitrogen and oxygen atoms in total. The van der Waals surface area contributed by atoms with Gasteiger partial charge >= 0.3 is 0 Å². The summed E-state index contributed by atoms with van der Waals surface area (Å²) in [7, 11) is 0. The number of hydrogen-bond acceptors (Lipinski definition) is 3. The van der Waals surface area contributed by atoms with E-state index in [2.05, 4.69) is 43.2 Å². The van der Waals surface area contributed by atoms with Gasteiger partial charge in [-0.3, -0.25) is 0 Å². The minimum atomic E-state index is 0.352. The maximum atomic E-state index is 6.18. The van der Waals surface area contributed by atoms with E-state index in [1.807, 2.05) is 0 Å². The van der Waals surface area contributed by atoms with Crippen molar-refractivity contribution in [3.63, 3.8) is 0 Å². The molecule has 1 aliphatic carbocycles. The van der Waals surface area contributed by atoms with Gasteiger partial charge in [-0.25, -0.2) is 4.98 Å². The first-order valence-corrected chi connectivity index (χ1v) is 8.58. The van der Waals surface area contributed by atoms with E-state index in [1.165, 1.54) is 31.2 Å². The van der Waals surface area contributed by atoms with Crippen molar-refractivity contribution in [2.45, 2.75) is 71.9 Å². The highest BCUT2D eigenvalue weighted by Gasteiger charge is 2.20. The molecule has 21 heavy (non-hydrogen) atoms. The third kappa shape index (κ3) is 5.31. The maximum absolute atomic E-state index is 6.18. The summed E-state index contributed by atoms with van der Waals surface area (Å²) in [4.78, 5) is 4.65. The lowest BCUT2D eigenvalue weighted by molar-refractivity contribution is 0.123. The Morgan fingerprint density at radius 2 is 2.14 bits per heavy atom. The van der Waals surface area contributed by atoms with Gasteiger partial charge < -0.3 is 10.1 Å². The Labute approximate surface area is 129 Å². The second kappa shape index (κ2) is 8.38. The summed E-state index contributed by atoms with van der Waals surface area (Å²) < 4.78 is 6.18. The lowest BCUT2D eigenvalue weighted by Crippen LogP contribution is -2.24. The molecule has 0 aliphatic heterocycles. The minimum absolute atomic E-state index is 0.352. The van der Waals surface area contributed by atoms with Gasteiger partial charge in [-0.05, 0) is 56.2 Å². The van der Waals surface area contributed by atoms with Crippen LogP contribution in [0.2, 0.25) is 0 Å².